The molecule has 25 heavy (non-hydrogen) atoms. The number of aromatic nitrogens is 1. The van der Waals surface area contributed by atoms with Crippen LogP contribution in [0.4, 0.5) is 0 Å². The van der Waals surface area contributed by atoms with Gasteiger partial charge in [-0.2, -0.15) is 0 Å². The highest BCUT2D eigenvalue weighted by Gasteiger charge is 2.18. The second-order valence-electron chi connectivity index (χ2n) is 5.58. The Morgan fingerprint density at radius 2 is 1.24 bits per heavy atom. The molecule has 4 rings (SSSR count). The van der Waals surface area contributed by atoms with E-state index in [4.69, 9.17) is 32.6 Å². The minimum Gasteiger partial charge on any atom is -0.435 e. The average molecular weight is 366 g/mol. The van der Waals surface area contributed by atoms with E-state index in [0.717, 1.165) is 22.4 Å². The summed E-state index contributed by atoms with van der Waals surface area (Å²) in [5, 5.41) is 1.30. The number of benzene rings is 3. The number of oxazole rings is 1. The van der Waals surface area contributed by atoms with Crippen LogP contribution in [0.15, 0.2) is 83.3 Å². The Hall–Kier alpha value is -2.55. The Bertz CT molecular complexity index is 962. The summed E-state index contributed by atoms with van der Waals surface area (Å²) < 4.78 is 6.12. The fraction of sp³-hybridized carbons (Fsp3) is 0. The van der Waals surface area contributed by atoms with E-state index in [2.05, 4.69) is 0 Å². The van der Waals surface area contributed by atoms with E-state index in [1.807, 2.05) is 78.9 Å². The van der Waals surface area contributed by atoms with Gasteiger partial charge < -0.3 is 4.42 Å². The lowest BCUT2D eigenvalue weighted by Crippen LogP contribution is -1.83. The lowest BCUT2D eigenvalue weighted by Gasteiger charge is -2.02. The zero-order chi connectivity index (χ0) is 17.2. The molecule has 0 radical (unpaired) electrons. The Kier molecular flexibility index (Phi) is 4.31. The van der Waals surface area contributed by atoms with Gasteiger partial charge in [-0.15, -0.1) is 0 Å². The monoisotopic (exact) mass is 365 g/mol. The van der Waals surface area contributed by atoms with E-state index in [-0.39, 0.29) is 0 Å². The lowest BCUT2D eigenvalue weighted by atomic mass is 10.1. The van der Waals surface area contributed by atoms with Gasteiger partial charge in [-0.05, 0) is 36.4 Å². The van der Waals surface area contributed by atoms with Gasteiger partial charge in [0.15, 0.2) is 5.76 Å². The van der Waals surface area contributed by atoms with Crippen molar-refractivity contribution in [3.63, 3.8) is 0 Å². The summed E-state index contributed by atoms with van der Waals surface area (Å²) in [6, 6.07) is 24.9. The minimum atomic E-state index is 0.561. The molecule has 0 aliphatic rings. The maximum Gasteiger partial charge on any atom is 0.227 e. The number of halogens is 2. The summed E-state index contributed by atoms with van der Waals surface area (Å²) in [5.74, 6) is 1.23. The van der Waals surface area contributed by atoms with Crippen molar-refractivity contribution < 1.29 is 4.42 Å². The van der Waals surface area contributed by atoms with Gasteiger partial charge in [0.05, 0.1) is 0 Å². The molecular weight excluding hydrogens is 353 g/mol. The van der Waals surface area contributed by atoms with Crippen molar-refractivity contribution in [2.24, 2.45) is 0 Å². The van der Waals surface area contributed by atoms with Crippen LogP contribution in [0, 0.1) is 0 Å². The van der Waals surface area contributed by atoms with Crippen LogP contribution in [0.25, 0.3) is 34.0 Å². The fourth-order valence-corrected chi connectivity index (χ4v) is 3.06. The predicted molar refractivity (Wildman–Crippen MR) is 103 cm³/mol. The molecule has 0 bridgehead atoms. The SMILES string of the molecule is Clc1cccc(-c2nc(-c3ccccc3)oc2-c2cccc(Cl)c2)c1. The number of nitrogens with zero attached hydrogens (tertiary/aromatic N) is 1. The Morgan fingerprint density at radius 3 is 1.92 bits per heavy atom. The van der Waals surface area contributed by atoms with Crippen molar-refractivity contribution in [2.75, 3.05) is 0 Å². The molecule has 0 saturated carbocycles. The molecule has 1 heterocycles. The molecular formula is C21H13Cl2NO. The summed E-state index contributed by atoms with van der Waals surface area (Å²) in [6.45, 7) is 0. The highest BCUT2D eigenvalue weighted by atomic mass is 35.5. The first kappa shape index (κ1) is 15.9. The molecule has 0 spiro atoms. The highest BCUT2D eigenvalue weighted by molar-refractivity contribution is 6.31. The third-order valence-electron chi connectivity index (χ3n) is 3.83. The first-order valence-electron chi connectivity index (χ1n) is 7.79. The molecule has 122 valence electrons. The maximum absolute atomic E-state index is 6.16. The molecule has 3 aromatic carbocycles. The highest BCUT2D eigenvalue weighted by Crippen LogP contribution is 2.37. The quantitative estimate of drug-likeness (QED) is 0.391. The van der Waals surface area contributed by atoms with Crippen LogP contribution >= 0.6 is 23.2 Å². The molecule has 0 amide bonds. The van der Waals surface area contributed by atoms with E-state index in [1.54, 1.807) is 0 Å². The average Bonchev–Trinajstić information content (AvgIpc) is 3.08. The molecule has 0 fully saturated rings. The van der Waals surface area contributed by atoms with Gasteiger partial charge >= 0.3 is 0 Å². The molecule has 4 heteroatoms. The standard InChI is InChI=1S/C21H13Cl2NO/c22-17-10-4-8-15(12-17)19-20(16-9-5-11-18(23)13-16)25-21(24-19)14-6-2-1-3-7-14/h1-13H. The fourth-order valence-electron chi connectivity index (χ4n) is 2.68. The second-order valence-corrected chi connectivity index (χ2v) is 6.46. The van der Waals surface area contributed by atoms with E-state index >= 15 is 0 Å². The second kappa shape index (κ2) is 6.75. The number of rotatable bonds is 3. The summed E-state index contributed by atoms with van der Waals surface area (Å²) in [4.78, 5) is 4.73. The van der Waals surface area contributed by atoms with Gasteiger partial charge in [0.2, 0.25) is 5.89 Å². The molecule has 0 atom stereocenters. The largest absolute Gasteiger partial charge is 0.435 e. The van der Waals surface area contributed by atoms with Crippen molar-refractivity contribution >= 4 is 23.2 Å². The van der Waals surface area contributed by atoms with Crippen LogP contribution in [0.2, 0.25) is 10.0 Å². The van der Waals surface area contributed by atoms with Gasteiger partial charge in [-0.25, -0.2) is 4.98 Å². The molecule has 4 aromatic rings. The third kappa shape index (κ3) is 3.32. The summed E-state index contributed by atoms with van der Waals surface area (Å²) in [6.07, 6.45) is 0. The van der Waals surface area contributed by atoms with Crippen LogP contribution in [-0.2, 0) is 0 Å². The van der Waals surface area contributed by atoms with Gasteiger partial charge in [0.1, 0.15) is 5.69 Å². The molecule has 2 nitrogen and oxygen atoms in total. The Balaban J connectivity index is 1.93. The van der Waals surface area contributed by atoms with Crippen molar-refractivity contribution in [1.82, 2.24) is 4.98 Å². The zero-order valence-corrected chi connectivity index (χ0v) is 14.6. The lowest BCUT2D eigenvalue weighted by molar-refractivity contribution is 0.589. The van der Waals surface area contributed by atoms with Gasteiger partial charge in [-0.1, -0.05) is 65.7 Å². The van der Waals surface area contributed by atoms with Crippen LogP contribution in [0.5, 0.6) is 0 Å². The molecule has 0 saturated heterocycles. The number of hydrogen-bond donors (Lipinski definition) is 0. The molecule has 1 aromatic heterocycles. The molecule has 0 aliphatic carbocycles. The maximum atomic E-state index is 6.16. The van der Waals surface area contributed by atoms with E-state index in [0.29, 0.717) is 21.7 Å². The van der Waals surface area contributed by atoms with Crippen molar-refractivity contribution in [2.45, 2.75) is 0 Å². The van der Waals surface area contributed by atoms with Crippen molar-refractivity contribution in [3.8, 4) is 34.0 Å². The van der Waals surface area contributed by atoms with Crippen molar-refractivity contribution in [3.05, 3.63) is 88.9 Å². The van der Waals surface area contributed by atoms with E-state index < -0.39 is 0 Å². The third-order valence-corrected chi connectivity index (χ3v) is 4.30. The smallest absolute Gasteiger partial charge is 0.227 e. The van der Waals surface area contributed by atoms with Gasteiger partial charge in [0, 0.05) is 26.7 Å². The summed E-state index contributed by atoms with van der Waals surface area (Å²) >= 11 is 12.3. The van der Waals surface area contributed by atoms with Gasteiger partial charge in [0.25, 0.3) is 0 Å². The topological polar surface area (TPSA) is 26.0 Å². The van der Waals surface area contributed by atoms with Crippen molar-refractivity contribution in [1.29, 1.82) is 0 Å². The van der Waals surface area contributed by atoms with Crippen LogP contribution in [0.1, 0.15) is 0 Å². The Morgan fingerprint density at radius 1 is 0.640 bits per heavy atom. The van der Waals surface area contributed by atoms with Crippen LogP contribution in [-0.4, -0.2) is 4.98 Å². The summed E-state index contributed by atoms with van der Waals surface area (Å²) in [7, 11) is 0. The normalized spacial score (nSPS) is 10.8. The van der Waals surface area contributed by atoms with Gasteiger partial charge in [-0.3, -0.25) is 0 Å². The molecule has 0 aliphatic heterocycles. The Labute approximate surface area is 155 Å². The first-order chi connectivity index (χ1) is 12.2. The number of hydrogen-bond acceptors (Lipinski definition) is 2. The van der Waals surface area contributed by atoms with Crippen LogP contribution < -0.4 is 0 Å². The minimum absolute atomic E-state index is 0.561. The van der Waals surface area contributed by atoms with E-state index in [9.17, 15) is 0 Å². The molecule has 0 unspecified atom stereocenters. The van der Waals surface area contributed by atoms with Crippen LogP contribution in [0.3, 0.4) is 0 Å². The summed E-state index contributed by atoms with van der Waals surface area (Å²) in [5.41, 5.74) is 3.42. The zero-order valence-electron chi connectivity index (χ0n) is 13.1. The van der Waals surface area contributed by atoms with E-state index in [1.165, 1.54) is 0 Å². The predicted octanol–water partition coefficient (Wildman–Crippen LogP) is 6.98. The molecule has 0 N–H and O–H groups in total. The first-order valence-corrected chi connectivity index (χ1v) is 8.54.